The van der Waals surface area contributed by atoms with Crippen LogP contribution in [-0.2, 0) is 4.52 Å². The number of hydrogen-bond acceptors (Lipinski definition) is 1. The largest absolute Gasteiger partial charge is 0.354 e. The van der Waals surface area contributed by atoms with E-state index < -0.39 is 0 Å². The summed E-state index contributed by atoms with van der Waals surface area (Å²) in [7, 11) is 3.15. The summed E-state index contributed by atoms with van der Waals surface area (Å²) in [5.74, 6) is 4.75. The third-order valence-corrected chi connectivity index (χ3v) is 20.2. The average molecular weight is 899 g/mol. The van der Waals surface area contributed by atoms with Crippen LogP contribution in [0.5, 0.6) is 0 Å². The molecule has 1 nitrogen and oxygen atoms in total. The average Bonchev–Trinajstić information content (AvgIpc) is 3.19. The molecule has 0 aromatic heterocycles. The fourth-order valence-electron chi connectivity index (χ4n) is 15.5. The summed E-state index contributed by atoms with van der Waals surface area (Å²) in [6, 6.07) is 0. The Hall–Kier alpha value is -1.26. The van der Waals surface area contributed by atoms with Gasteiger partial charge in [0.05, 0.1) is 6.61 Å². The molecule has 6 rings (SSSR count). The van der Waals surface area contributed by atoms with Gasteiger partial charge in [-0.1, -0.05) is 186 Å². The maximum Gasteiger partial charge on any atom is 0.0693 e. The summed E-state index contributed by atoms with van der Waals surface area (Å²) in [4.78, 5) is 0. The zero-order chi connectivity index (χ0) is 47.0. The quantitative estimate of drug-likeness (QED) is 0.0775. The van der Waals surface area contributed by atoms with Crippen LogP contribution in [0.2, 0.25) is 0 Å². The molecule has 3 heteroatoms. The van der Waals surface area contributed by atoms with Crippen molar-refractivity contribution in [2.75, 3.05) is 6.61 Å². The van der Waals surface area contributed by atoms with E-state index in [1.54, 1.807) is 16.7 Å². The predicted molar refractivity (Wildman–Crippen MR) is 287 cm³/mol. The van der Waals surface area contributed by atoms with Gasteiger partial charge in [-0.2, -0.15) is 0 Å². The Bertz CT molecular complexity index is 1730. The Morgan fingerprint density at radius 2 is 1.02 bits per heavy atom. The Balaban J connectivity index is 0.000000208. The van der Waals surface area contributed by atoms with Crippen LogP contribution in [0, 0.1) is 68.0 Å². The first-order valence-electron chi connectivity index (χ1n) is 25.8. The molecule has 0 bridgehead atoms. The molecule has 63 heavy (non-hydrogen) atoms. The van der Waals surface area contributed by atoms with Crippen molar-refractivity contribution in [3.63, 3.8) is 0 Å². The van der Waals surface area contributed by atoms with Crippen molar-refractivity contribution in [3.8, 4) is 0 Å². The van der Waals surface area contributed by atoms with Crippen molar-refractivity contribution in [1.29, 1.82) is 0 Å². The second-order valence-electron chi connectivity index (χ2n) is 24.7. The van der Waals surface area contributed by atoms with Crippen molar-refractivity contribution in [1.82, 2.24) is 0 Å². The van der Waals surface area contributed by atoms with E-state index >= 15 is 0 Å². The maximum atomic E-state index is 5.45. The summed E-state index contributed by atoms with van der Waals surface area (Å²) >= 11 is 0. The molecule has 0 aliphatic heterocycles. The van der Waals surface area contributed by atoms with Gasteiger partial charge in [-0.3, -0.25) is 0 Å². The molecule has 0 N–H and O–H groups in total. The van der Waals surface area contributed by atoms with Crippen LogP contribution in [0.4, 0.5) is 0 Å². The van der Waals surface area contributed by atoms with Gasteiger partial charge in [0.1, 0.15) is 0 Å². The van der Waals surface area contributed by atoms with E-state index in [0.717, 1.165) is 48.5 Å². The molecule has 0 aromatic rings. The van der Waals surface area contributed by atoms with Crippen molar-refractivity contribution in [2.24, 2.45) is 68.0 Å². The summed E-state index contributed by atoms with van der Waals surface area (Å²) in [6.45, 7) is 46.8. The Labute approximate surface area is 396 Å². The number of rotatable bonds is 13. The first-order chi connectivity index (χ1) is 29.4. The fraction of sp³-hybridized carbons (Fsp3) is 0.733. The van der Waals surface area contributed by atoms with Crippen LogP contribution < -0.4 is 0 Å². The van der Waals surface area contributed by atoms with E-state index in [-0.39, 0.29) is 0 Å². The van der Waals surface area contributed by atoms with Crippen LogP contribution in [0.15, 0.2) is 95.7 Å². The van der Waals surface area contributed by atoms with Gasteiger partial charge in [0.15, 0.2) is 0 Å². The lowest BCUT2D eigenvalue weighted by Crippen LogP contribution is -2.48. The predicted octanol–water partition coefficient (Wildman–Crippen LogP) is 19.5. The number of allylic oxidation sites excluding steroid dienone is 12. The fourth-order valence-corrected chi connectivity index (χ4v) is 16.0. The van der Waals surface area contributed by atoms with E-state index in [1.807, 2.05) is 12.2 Å². The molecule has 3 saturated carbocycles. The van der Waals surface area contributed by atoms with Crippen molar-refractivity contribution >= 4 is 17.4 Å². The summed E-state index contributed by atoms with van der Waals surface area (Å²) in [6.07, 6.45) is 38.7. The molecule has 0 aromatic carbocycles. The van der Waals surface area contributed by atoms with E-state index in [0.29, 0.717) is 41.0 Å². The monoisotopic (exact) mass is 899 g/mol. The van der Waals surface area contributed by atoms with Gasteiger partial charge in [-0.15, -0.1) is 0 Å². The maximum absolute atomic E-state index is 5.45. The molecule has 3 fully saturated rings. The Kier molecular flexibility index (Phi) is 19.6. The van der Waals surface area contributed by atoms with Gasteiger partial charge in [0.2, 0.25) is 0 Å². The molecule has 0 heterocycles. The highest BCUT2D eigenvalue weighted by Crippen LogP contribution is 2.63. The SMILES string of the molecule is C=C/C(C)=C/C[C@H]1C(C)=CCC2C(C)(C)CCC[C@@]21C.C=CC(=C)CC[C@H]1C(C)=CCC2C(C)(C)CCC[C@@]21C.CC1=CCC2C(C)(C)CCC[C@]2(C)[C@H]1CC/C(C)=C/COPP. The minimum Gasteiger partial charge on any atom is -0.354 e. The van der Waals surface area contributed by atoms with Crippen LogP contribution >= 0.6 is 17.4 Å². The summed E-state index contributed by atoms with van der Waals surface area (Å²) < 4.78 is 5.45. The molecular formula is C60H100OP2. The number of fused-ring (bicyclic) bond motifs is 3. The molecule has 0 saturated heterocycles. The lowest BCUT2D eigenvalue weighted by Gasteiger charge is -2.57. The molecule has 5 unspecified atom stereocenters. The van der Waals surface area contributed by atoms with Gasteiger partial charge >= 0.3 is 0 Å². The standard InChI is InChI=1S/C20H36OP2.2C20H32/c1-15(11-14-21-23-22)7-9-17-16(2)8-10-18-19(3,4)12-6-13-20(17,18)5;2*1-7-15(2)9-11-17-16(3)10-12-18-19(4,5)13-8-14-20(17,18)6/h8,11,17-18,23H,6-7,9-10,12-14,22H2,1-5H3;7,9-10,17-18H,1,8,11-14H2,2-6H3;7,10,17-18H,1-2,8-9,11-14H2,3-6H3/b15-11+;15-9+;/t3*17-,18?,20+/m000/s1. The Morgan fingerprint density at radius 1 is 0.619 bits per heavy atom. The zero-order valence-electron chi connectivity index (χ0n) is 43.8. The van der Waals surface area contributed by atoms with Crippen LogP contribution in [0.3, 0.4) is 0 Å². The van der Waals surface area contributed by atoms with Crippen molar-refractivity contribution in [3.05, 3.63) is 95.7 Å². The normalized spacial score (nSPS) is 35.8. The van der Waals surface area contributed by atoms with E-state index in [1.165, 1.54) is 119 Å². The molecular weight excluding hydrogens is 799 g/mol. The van der Waals surface area contributed by atoms with Gasteiger partial charge in [-0.05, 0) is 193 Å². The third-order valence-electron chi connectivity index (χ3n) is 19.4. The molecule has 6 aliphatic rings. The minimum atomic E-state index is 0.485. The van der Waals surface area contributed by atoms with Gasteiger partial charge in [0.25, 0.3) is 0 Å². The highest BCUT2D eigenvalue weighted by Gasteiger charge is 2.54. The second-order valence-corrected chi connectivity index (χ2v) is 25.9. The highest BCUT2D eigenvalue weighted by molar-refractivity contribution is 8.00. The molecule has 0 amide bonds. The smallest absolute Gasteiger partial charge is 0.0693 e. The second kappa shape index (κ2) is 22.7. The molecule has 6 aliphatic carbocycles. The third kappa shape index (κ3) is 12.8. The molecule has 356 valence electrons. The van der Waals surface area contributed by atoms with Crippen LogP contribution in [0.25, 0.3) is 0 Å². The molecule has 0 spiro atoms. The van der Waals surface area contributed by atoms with Gasteiger partial charge in [-0.25, -0.2) is 0 Å². The first kappa shape index (κ1) is 54.3. The van der Waals surface area contributed by atoms with Crippen molar-refractivity contribution < 1.29 is 4.52 Å². The lowest BCUT2D eigenvalue weighted by atomic mass is 9.48. The molecule has 0 radical (unpaired) electrons. The molecule has 11 atom stereocenters. The highest BCUT2D eigenvalue weighted by atomic mass is 32.0. The van der Waals surface area contributed by atoms with E-state index in [4.69, 9.17) is 4.52 Å². The van der Waals surface area contributed by atoms with Crippen molar-refractivity contribution in [2.45, 2.75) is 206 Å². The van der Waals surface area contributed by atoms with Crippen LogP contribution in [0.1, 0.15) is 206 Å². The van der Waals surface area contributed by atoms with E-state index in [9.17, 15) is 0 Å². The lowest BCUT2D eigenvalue weighted by molar-refractivity contribution is -0.0391. The van der Waals surface area contributed by atoms with Crippen LogP contribution in [-0.4, -0.2) is 6.61 Å². The first-order valence-corrected chi connectivity index (χ1v) is 28.5. The van der Waals surface area contributed by atoms with Gasteiger partial charge in [0, 0.05) is 8.50 Å². The zero-order valence-corrected chi connectivity index (χ0v) is 46.0. The topological polar surface area (TPSA) is 9.23 Å². The minimum absolute atomic E-state index is 0.485. The van der Waals surface area contributed by atoms with E-state index in [2.05, 4.69) is 156 Å². The Morgan fingerprint density at radius 3 is 1.41 bits per heavy atom. The number of hydrogen-bond donors (Lipinski definition) is 0. The summed E-state index contributed by atoms with van der Waals surface area (Å²) in [5, 5.41) is 0. The van der Waals surface area contributed by atoms with Gasteiger partial charge < -0.3 is 4.52 Å². The summed E-state index contributed by atoms with van der Waals surface area (Å²) in [5.41, 5.74) is 11.9.